The molecule has 0 aromatic rings. The highest BCUT2D eigenvalue weighted by Crippen LogP contribution is 2.18. The molecule has 0 fully saturated rings. The van der Waals surface area contributed by atoms with Crippen LogP contribution in [0.25, 0.3) is 0 Å². The molecule has 0 rings (SSSR count). The van der Waals surface area contributed by atoms with Gasteiger partial charge in [-0.05, 0) is 58.1 Å². The van der Waals surface area contributed by atoms with E-state index >= 15 is 0 Å². The summed E-state index contributed by atoms with van der Waals surface area (Å²) in [5.74, 6) is -0.127. The second kappa shape index (κ2) is 10.4. The number of carbonyl (C=O) groups is 2. The smallest absolute Gasteiger partial charge is 0.188 e. The Hall–Kier alpha value is -1.52. The maximum Gasteiger partial charge on any atom is 0.188 e. The van der Waals surface area contributed by atoms with Gasteiger partial charge in [-0.3, -0.25) is 9.59 Å². The number of allylic oxidation sites excluding steroid dienone is 2. The van der Waals surface area contributed by atoms with E-state index in [2.05, 4.69) is 6.58 Å². The van der Waals surface area contributed by atoms with Crippen molar-refractivity contribution in [3.05, 3.63) is 36.0 Å². The fourth-order valence-electron chi connectivity index (χ4n) is 2.33. The van der Waals surface area contributed by atoms with Gasteiger partial charge in [0, 0.05) is 12.8 Å². The van der Waals surface area contributed by atoms with E-state index in [0.29, 0.717) is 18.4 Å². The van der Waals surface area contributed by atoms with Gasteiger partial charge < -0.3 is 10.2 Å². The monoisotopic (exact) mass is 336 g/mol. The molecule has 0 saturated carbocycles. The quantitative estimate of drug-likeness (QED) is 0.447. The summed E-state index contributed by atoms with van der Waals surface area (Å²) >= 11 is 0. The van der Waals surface area contributed by atoms with Crippen LogP contribution in [0.5, 0.6) is 0 Å². The van der Waals surface area contributed by atoms with Crippen molar-refractivity contribution in [1.82, 2.24) is 0 Å². The molecule has 0 amide bonds. The summed E-state index contributed by atoms with van der Waals surface area (Å²) in [7, 11) is 0. The Morgan fingerprint density at radius 2 is 1.83 bits per heavy atom. The van der Waals surface area contributed by atoms with Gasteiger partial charge in [0.05, 0.1) is 5.60 Å². The fraction of sp³-hybridized carbons (Fsp3) is 0.600. The van der Waals surface area contributed by atoms with Crippen LogP contribution in [0.2, 0.25) is 0 Å². The molecule has 0 bridgehead atoms. The molecular weight excluding hydrogens is 304 g/mol. The van der Waals surface area contributed by atoms with Crippen LogP contribution >= 0.6 is 0 Å². The standard InChI is InChI=1S/C20H32O4/c1-7-20(6,24)13-17(21)12-15(4)9-8-10-16(5)19(23)18(22)11-14(2)3/h7,10-11,15,19,23-24H,1,8-9,12-13H2,2-6H3/b16-10+/t15-,19+,20-/m1/s1. The van der Waals surface area contributed by atoms with E-state index in [0.717, 1.165) is 12.0 Å². The van der Waals surface area contributed by atoms with Gasteiger partial charge >= 0.3 is 0 Å². The first-order valence-corrected chi connectivity index (χ1v) is 8.39. The van der Waals surface area contributed by atoms with Crippen LogP contribution in [0.1, 0.15) is 60.3 Å². The predicted octanol–water partition coefficient (Wildman–Crippen LogP) is 3.53. The summed E-state index contributed by atoms with van der Waals surface area (Å²) in [6.07, 6.45) is 5.52. The Morgan fingerprint density at radius 1 is 1.25 bits per heavy atom. The van der Waals surface area contributed by atoms with Crippen LogP contribution in [0.15, 0.2) is 36.0 Å². The molecule has 4 heteroatoms. The molecule has 0 saturated heterocycles. The Kier molecular flexibility index (Phi) is 9.71. The van der Waals surface area contributed by atoms with Crippen molar-refractivity contribution < 1.29 is 19.8 Å². The molecule has 0 radical (unpaired) electrons. The number of Topliss-reactive ketones (excluding diaryl/α,β-unsaturated/α-hetero) is 1. The average molecular weight is 336 g/mol. The fourth-order valence-corrected chi connectivity index (χ4v) is 2.33. The molecule has 0 aliphatic heterocycles. The first-order chi connectivity index (χ1) is 11.0. The summed E-state index contributed by atoms with van der Waals surface area (Å²) in [4.78, 5) is 23.7. The second-order valence-corrected chi connectivity index (χ2v) is 7.14. The minimum atomic E-state index is -1.15. The van der Waals surface area contributed by atoms with Gasteiger partial charge in [-0.15, -0.1) is 6.58 Å². The zero-order valence-corrected chi connectivity index (χ0v) is 15.6. The van der Waals surface area contributed by atoms with Crippen molar-refractivity contribution in [3.63, 3.8) is 0 Å². The zero-order chi connectivity index (χ0) is 18.9. The summed E-state index contributed by atoms with van der Waals surface area (Å²) in [5, 5.41) is 19.8. The lowest BCUT2D eigenvalue weighted by Crippen LogP contribution is -2.25. The number of aliphatic hydroxyl groups is 2. The van der Waals surface area contributed by atoms with Gasteiger partial charge in [-0.1, -0.05) is 24.6 Å². The second-order valence-electron chi connectivity index (χ2n) is 7.14. The number of carbonyl (C=O) groups excluding carboxylic acids is 2. The number of ketones is 2. The Morgan fingerprint density at radius 3 is 2.33 bits per heavy atom. The molecule has 3 atom stereocenters. The van der Waals surface area contributed by atoms with E-state index in [9.17, 15) is 19.8 Å². The summed E-state index contributed by atoms with van der Waals surface area (Å²) in [6, 6.07) is 0. The maximum absolute atomic E-state index is 11.9. The van der Waals surface area contributed by atoms with E-state index in [4.69, 9.17) is 0 Å². The third-order valence-electron chi connectivity index (χ3n) is 3.83. The lowest BCUT2D eigenvalue weighted by molar-refractivity contribution is -0.123. The van der Waals surface area contributed by atoms with Crippen molar-refractivity contribution in [2.24, 2.45) is 5.92 Å². The van der Waals surface area contributed by atoms with Gasteiger partial charge in [0.25, 0.3) is 0 Å². The predicted molar refractivity (Wildman–Crippen MR) is 97.7 cm³/mol. The molecule has 0 unspecified atom stereocenters. The van der Waals surface area contributed by atoms with Gasteiger partial charge in [0.15, 0.2) is 5.78 Å². The third kappa shape index (κ3) is 9.58. The number of hydrogen-bond donors (Lipinski definition) is 2. The van der Waals surface area contributed by atoms with Crippen LogP contribution in [0.4, 0.5) is 0 Å². The molecule has 0 aliphatic carbocycles. The molecular formula is C20H32O4. The number of hydrogen-bond acceptors (Lipinski definition) is 4. The van der Waals surface area contributed by atoms with Crippen LogP contribution in [-0.2, 0) is 9.59 Å². The minimum absolute atomic E-state index is 0.00636. The molecule has 136 valence electrons. The van der Waals surface area contributed by atoms with Crippen LogP contribution in [-0.4, -0.2) is 33.5 Å². The van der Waals surface area contributed by atoms with Crippen molar-refractivity contribution in [2.45, 2.75) is 72.0 Å². The highest BCUT2D eigenvalue weighted by molar-refractivity contribution is 5.95. The van der Waals surface area contributed by atoms with E-state index in [1.165, 1.54) is 12.2 Å². The number of rotatable bonds is 11. The van der Waals surface area contributed by atoms with Crippen molar-refractivity contribution in [1.29, 1.82) is 0 Å². The molecule has 0 spiro atoms. The van der Waals surface area contributed by atoms with Gasteiger partial charge in [0.1, 0.15) is 11.9 Å². The summed E-state index contributed by atoms with van der Waals surface area (Å²) < 4.78 is 0. The Labute approximate surface area is 146 Å². The number of aliphatic hydroxyl groups excluding tert-OH is 1. The van der Waals surface area contributed by atoms with E-state index in [-0.39, 0.29) is 23.9 Å². The average Bonchev–Trinajstić information content (AvgIpc) is 2.44. The highest BCUT2D eigenvalue weighted by atomic mass is 16.3. The van der Waals surface area contributed by atoms with E-state index < -0.39 is 11.7 Å². The van der Waals surface area contributed by atoms with Crippen molar-refractivity contribution in [3.8, 4) is 0 Å². The lowest BCUT2D eigenvalue weighted by Gasteiger charge is -2.18. The zero-order valence-electron chi connectivity index (χ0n) is 15.6. The topological polar surface area (TPSA) is 74.6 Å². The van der Waals surface area contributed by atoms with Crippen LogP contribution in [0.3, 0.4) is 0 Å². The summed E-state index contributed by atoms with van der Waals surface area (Å²) in [5.41, 5.74) is 0.336. The molecule has 0 aliphatic rings. The van der Waals surface area contributed by atoms with Crippen molar-refractivity contribution >= 4 is 11.6 Å². The first-order valence-electron chi connectivity index (χ1n) is 8.39. The highest BCUT2D eigenvalue weighted by Gasteiger charge is 2.21. The molecule has 24 heavy (non-hydrogen) atoms. The maximum atomic E-state index is 11.9. The third-order valence-corrected chi connectivity index (χ3v) is 3.83. The molecule has 2 N–H and O–H groups in total. The normalized spacial score (nSPS) is 16.7. The Bertz CT molecular complexity index is 508. The van der Waals surface area contributed by atoms with Gasteiger partial charge in [-0.2, -0.15) is 0 Å². The molecule has 0 aromatic heterocycles. The van der Waals surface area contributed by atoms with Gasteiger partial charge in [-0.25, -0.2) is 0 Å². The van der Waals surface area contributed by atoms with Gasteiger partial charge in [0.2, 0.25) is 0 Å². The first kappa shape index (κ1) is 22.5. The molecule has 4 nitrogen and oxygen atoms in total. The van der Waals surface area contributed by atoms with Crippen molar-refractivity contribution in [2.75, 3.05) is 0 Å². The van der Waals surface area contributed by atoms with E-state index in [1.54, 1.807) is 13.8 Å². The largest absolute Gasteiger partial charge is 0.386 e. The summed E-state index contributed by atoms with van der Waals surface area (Å²) in [6.45, 7) is 12.4. The molecule has 0 aromatic carbocycles. The Balaban J connectivity index is 4.38. The SMILES string of the molecule is C=C[C@@](C)(O)CC(=O)C[C@H](C)CC/C=C(\C)[C@H](O)C(=O)C=C(C)C. The molecule has 0 heterocycles. The van der Waals surface area contributed by atoms with Crippen LogP contribution in [0, 0.1) is 5.92 Å². The van der Waals surface area contributed by atoms with Crippen LogP contribution < -0.4 is 0 Å². The minimum Gasteiger partial charge on any atom is -0.386 e. The lowest BCUT2D eigenvalue weighted by atomic mass is 9.92. The van der Waals surface area contributed by atoms with E-state index in [1.807, 2.05) is 26.8 Å².